The first-order valence-corrected chi connectivity index (χ1v) is 12.2. The van der Waals surface area contributed by atoms with E-state index >= 15 is 0 Å². The van der Waals surface area contributed by atoms with E-state index in [1.807, 2.05) is 0 Å². The Morgan fingerprint density at radius 3 is 1.88 bits per heavy atom. The van der Waals surface area contributed by atoms with Gasteiger partial charge in [0.25, 0.3) is 0 Å². The van der Waals surface area contributed by atoms with Gasteiger partial charge >= 0.3 is 0 Å². The van der Waals surface area contributed by atoms with Crippen LogP contribution in [0.4, 0.5) is 13.2 Å². The first-order chi connectivity index (χ1) is 16.3. The van der Waals surface area contributed by atoms with Gasteiger partial charge in [-0.05, 0) is 99.2 Å². The first kappa shape index (κ1) is 28.0. The molecule has 0 atom stereocenters. The van der Waals surface area contributed by atoms with E-state index in [0.29, 0.717) is 54.7 Å². The highest BCUT2D eigenvalue weighted by molar-refractivity contribution is 5.32. The predicted molar refractivity (Wildman–Crippen MR) is 133 cm³/mol. The molecule has 2 fully saturated rings. The van der Waals surface area contributed by atoms with Gasteiger partial charge in [-0.25, -0.2) is 13.2 Å². The third kappa shape index (κ3) is 7.36. The van der Waals surface area contributed by atoms with Crippen LogP contribution in [0.25, 0.3) is 0 Å². The number of methoxy groups -OCH3 is 1. The van der Waals surface area contributed by atoms with Crippen LogP contribution < -0.4 is 0 Å². The zero-order valence-electron chi connectivity index (χ0n) is 20.4. The van der Waals surface area contributed by atoms with Crippen LogP contribution in [0, 0.1) is 17.6 Å². The number of aliphatic hydroxyl groups excluding tert-OH is 1. The maximum atomic E-state index is 14.9. The number of ether oxygens (including phenoxy) is 1. The van der Waals surface area contributed by atoms with Gasteiger partial charge in [0.15, 0.2) is 17.5 Å². The van der Waals surface area contributed by atoms with Crippen LogP contribution in [0.1, 0.15) is 87.2 Å². The van der Waals surface area contributed by atoms with Crippen molar-refractivity contribution in [3.63, 3.8) is 0 Å². The Morgan fingerprint density at radius 1 is 0.941 bits per heavy atom. The second kappa shape index (κ2) is 13.6. The van der Waals surface area contributed by atoms with Crippen LogP contribution >= 0.6 is 0 Å². The van der Waals surface area contributed by atoms with Crippen molar-refractivity contribution in [2.75, 3.05) is 7.11 Å². The maximum absolute atomic E-state index is 14.9. The predicted octanol–water partition coefficient (Wildman–Crippen LogP) is 8.41. The lowest BCUT2D eigenvalue weighted by atomic mass is 9.76. The molecule has 1 aromatic rings. The van der Waals surface area contributed by atoms with Crippen molar-refractivity contribution >= 4 is 0 Å². The van der Waals surface area contributed by atoms with Crippen molar-refractivity contribution in [3.05, 3.63) is 84.4 Å². The second-order valence-corrected chi connectivity index (χ2v) is 9.41. The summed E-state index contributed by atoms with van der Waals surface area (Å²) in [5, 5.41) is 9.67. The first-order valence-electron chi connectivity index (χ1n) is 12.2. The van der Waals surface area contributed by atoms with E-state index in [9.17, 15) is 18.3 Å². The van der Waals surface area contributed by atoms with Gasteiger partial charge in [0, 0.05) is 0 Å². The van der Waals surface area contributed by atoms with Gasteiger partial charge in [0.2, 0.25) is 0 Å². The molecule has 2 nitrogen and oxygen atoms in total. The molecule has 188 valence electrons. The number of aliphatic hydroxyl groups is 1. The molecule has 2 aliphatic rings. The summed E-state index contributed by atoms with van der Waals surface area (Å²) in [6.45, 7) is 13.4. The highest BCUT2D eigenvalue weighted by atomic mass is 19.2. The average Bonchev–Trinajstić information content (AvgIpc) is 2.86. The van der Waals surface area contributed by atoms with E-state index in [4.69, 9.17) is 4.74 Å². The fourth-order valence-corrected chi connectivity index (χ4v) is 5.18. The van der Waals surface area contributed by atoms with Crippen molar-refractivity contribution < 1.29 is 23.0 Å². The second-order valence-electron chi connectivity index (χ2n) is 9.41. The minimum absolute atomic E-state index is 0.00647. The Bertz CT molecular complexity index is 860. The SMILES string of the molecule is C=C.C=C(/C=C(/F)C(=C)OC)CCC1CCC(c2ccc(C3CCC(O)CC3)c(F)c2F)CC1. The van der Waals surface area contributed by atoms with Gasteiger partial charge in [-0.1, -0.05) is 30.9 Å². The van der Waals surface area contributed by atoms with Crippen LogP contribution in [0.2, 0.25) is 0 Å². The molecular formula is C29H39F3O2. The Hall–Kier alpha value is -2.27. The molecular weight excluding hydrogens is 437 g/mol. The number of hydrogen-bond donors (Lipinski definition) is 1. The third-order valence-corrected chi connectivity index (χ3v) is 7.28. The zero-order chi connectivity index (χ0) is 25.3. The molecule has 3 rings (SSSR count). The standard InChI is InChI=1S/C27H35F3O2.C2H4/c1-17(16-25(28)18(2)32-3)4-5-19-6-8-20(9-7-19)23-14-15-24(27(30)26(23)29)21-10-12-22(31)13-11-21;1-2/h14-16,19-22,31H,1-2,4-13H2,3H3;1-2H2/b25-16+;. The van der Waals surface area contributed by atoms with Crippen molar-refractivity contribution in [2.45, 2.75) is 82.1 Å². The molecule has 0 bridgehead atoms. The van der Waals surface area contributed by atoms with Crippen LogP contribution in [0.15, 0.2) is 61.7 Å². The Kier molecular flexibility index (Phi) is 11.2. The number of halogens is 3. The molecule has 0 radical (unpaired) electrons. The van der Waals surface area contributed by atoms with E-state index in [0.717, 1.165) is 32.1 Å². The van der Waals surface area contributed by atoms with E-state index in [2.05, 4.69) is 26.3 Å². The zero-order valence-corrected chi connectivity index (χ0v) is 20.4. The van der Waals surface area contributed by atoms with Crippen LogP contribution in [-0.4, -0.2) is 18.3 Å². The fourth-order valence-electron chi connectivity index (χ4n) is 5.18. The Balaban J connectivity index is 0.00000199. The van der Waals surface area contributed by atoms with Crippen LogP contribution in [-0.2, 0) is 4.74 Å². The van der Waals surface area contributed by atoms with Gasteiger partial charge in [-0.15, -0.1) is 13.2 Å². The molecule has 1 aromatic carbocycles. The molecule has 0 heterocycles. The number of benzene rings is 1. The largest absolute Gasteiger partial charge is 0.494 e. The van der Waals surface area contributed by atoms with E-state index in [1.54, 1.807) is 12.1 Å². The van der Waals surface area contributed by atoms with Gasteiger partial charge < -0.3 is 9.84 Å². The Labute approximate surface area is 202 Å². The molecule has 34 heavy (non-hydrogen) atoms. The van der Waals surface area contributed by atoms with Gasteiger partial charge in [-0.2, -0.15) is 0 Å². The topological polar surface area (TPSA) is 29.5 Å². The lowest BCUT2D eigenvalue weighted by Crippen LogP contribution is -2.19. The summed E-state index contributed by atoms with van der Waals surface area (Å²) >= 11 is 0. The summed E-state index contributed by atoms with van der Waals surface area (Å²) in [6, 6.07) is 3.54. The summed E-state index contributed by atoms with van der Waals surface area (Å²) in [5.74, 6) is -1.40. The monoisotopic (exact) mass is 476 g/mol. The van der Waals surface area contributed by atoms with Crippen LogP contribution in [0.3, 0.4) is 0 Å². The lowest BCUT2D eigenvalue weighted by molar-refractivity contribution is 0.122. The summed E-state index contributed by atoms with van der Waals surface area (Å²) in [4.78, 5) is 0. The molecule has 0 saturated heterocycles. The van der Waals surface area contributed by atoms with Crippen molar-refractivity contribution in [2.24, 2.45) is 5.92 Å². The minimum Gasteiger partial charge on any atom is -0.494 e. The molecule has 0 aromatic heterocycles. The third-order valence-electron chi connectivity index (χ3n) is 7.28. The molecule has 2 saturated carbocycles. The van der Waals surface area contributed by atoms with E-state index in [-0.39, 0.29) is 23.7 Å². The number of allylic oxidation sites excluding steroid dienone is 3. The summed E-state index contributed by atoms with van der Waals surface area (Å²) in [5.41, 5.74) is 1.65. The highest BCUT2D eigenvalue weighted by Crippen LogP contribution is 2.41. The van der Waals surface area contributed by atoms with Crippen molar-refractivity contribution in [1.29, 1.82) is 0 Å². The quantitative estimate of drug-likeness (QED) is 0.232. The fraction of sp³-hybridized carbons (Fsp3) is 0.517. The van der Waals surface area contributed by atoms with Gasteiger partial charge in [0.05, 0.1) is 13.2 Å². The number of hydrogen-bond acceptors (Lipinski definition) is 2. The van der Waals surface area contributed by atoms with Gasteiger partial charge in [0.1, 0.15) is 5.76 Å². The molecule has 0 unspecified atom stereocenters. The molecule has 0 aliphatic heterocycles. The van der Waals surface area contributed by atoms with Gasteiger partial charge in [-0.3, -0.25) is 0 Å². The minimum atomic E-state index is -0.700. The highest BCUT2D eigenvalue weighted by Gasteiger charge is 2.29. The average molecular weight is 477 g/mol. The van der Waals surface area contributed by atoms with Crippen LogP contribution in [0.5, 0.6) is 0 Å². The van der Waals surface area contributed by atoms with Crippen molar-refractivity contribution in [1.82, 2.24) is 0 Å². The lowest BCUT2D eigenvalue weighted by Gasteiger charge is -2.30. The molecule has 0 spiro atoms. The normalized spacial score (nSPS) is 25.1. The van der Waals surface area contributed by atoms with E-state index in [1.165, 1.54) is 13.2 Å². The molecule has 5 heteroatoms. The maximum Gasteiger partial charge on any atom is 0.164 e. The molecule has 2 aliphatic carbocycles. The summed E-state index contributed by atoms with van der Waals surface area (Å²) < 4.78 is 48.4. The number of rotatable bonds is 8. The van der Waals surface area contributed by atoms with E-state index < -0.39 is 17.5 Å². The smallest absolute Gasteiger partial charge is 0.164 e. The molecule has 0 amide bonds. The summed E-state index contributed by atoms with van der Waals surface area (Å²) in [7, 11) is 1.38. The Morgan fingerprint density at radius 2 is 1.41 bits per heavy atom. The molecule has 1 N–H and O–H groups in total. The summed E-state index contributed by atoms with van der Waals surface area (Å²) in [6.07, 6.45) is 8.87. The van der Waals surface area contributed by atoms with Crippen molar-refractivity contribution in [3.8, 4) is 0 Å².